The number of benzene rings is 2. The van der Waals surface area contributed by atoms with Gasteiger partial charge in [-0.3, -0.25) is 9.59 Å². The molecule has 6 heteroatoms. The quantitative estimate of drug-likeness (QED) is 0.851. The first-order valence-corrected chi connectivity index (χ1v) is 7.87. The van der Waals surface area contributed by atoms with Crippen LogP contribution in [0.4, 0.5) is 11.4 Å². The molecule has 1 aliphatic heterocycles. The summed E-state index contributed by atoms with van der Waals surface area (Å²) in [4.78, 5) is 26.0. The van der Waals surface area contributed by atoms with E-state index in [1.54, 1.807) is 18.2 Å². The van der Waals surface area contributed by atoms with Crippen molar-refractivity contribution < 1.29 is 9.59 Å². The Morgan fingerprint density at radius 2 is 1.78 bits per heavy atom. The number of carbonyl (C=O) groups excluding carboxylic acids is 2. The summed E-state index contributed by atoms with van der Waals surface area (Å²) in [7, 11) is 0. The highest BCUT2D eigenvalue weighted by atomic mass is 35.5. The lowest BCUT2D eigenvalue weighted by Gasteiger charge is -2.17. The molecule has 3 rings (SSSR count). The average Bonchev–Trinajstić information content (AvgIpc) is 2.79. The number of imide groups is 1. The van der Waals surface area contributed by atoms with Crippen LogP contribution in [-0.2, 0) is 9.59 Å². The minimum absolute atomic E-state index is 0.0789. The highest BCUT2D eigenvalue weighted by Crippen LogP contribution is 2.35. The number of halogens is 2. The van der Waals surface area contributed by atoms with Gasteiger partial charge in [-0.2, -0.15) is 0 Å². The van der Waals surface area contributed by atoms with Crippen LogP contribution in [0.5, 0.6) is 0 Å². The number of amides is 2. The molecule has 0 radical (unpaired) electrons. The van der Waals surface area contributed by atoms with Gasteiger partial charge in [-0.1, -0.05) is 47.0 Å². The normalized spacial score (nSPS) is 17.7. The van der Waals surface area contributed by atoms with E-state index in [0.717, 1.165) is 16.2 Å². The topological polar surface area (TPSA) is 49.4 Å². The van der Waals surface area contributed by atoms with Gasteiger partial charge in [-0.15, -0.1) is 0 Å². The Morgan fingerprint density at radius 3 is 2.48 bits per heavy atom. The van der Waals surface area contributed by atoms with Crippen molar-refractivity contribution in [1.29, 1.82) is 0 Å². The molecule has 2 aromatic carbocycles. The summed E-state index contributed by atoms with van der Waals surface area (Å²) >= 11 is 12.1. The maximum absolute atomic E-state index is 12.6. The molecule has 0 bridgehead atoms. The summed E-state index contributed by atoms with van der Waals surface area (Å²) in [5.74, 6) is -0.636. The molecule has 1 unspecified atom stereocenters. The third-order valence-corrected chi connectivity index (χ3v) is 4.52. The molecule has 1 N–H and O–H groups in total. The largest absolute Gasteiger partial charge is 0.373 e. The van der Waals surface area contributed by atoms with E-state index in [1.807, 2.05) is 31.2 Å². The summed E-state index contributed by atoms with van der Waals surface area (Å²) in [6.45, 7) is 1.98. The highest BCUT2D eigenvalue weighted by Gasteiger charge is 2.40. The first-order chi connectivity index (χ1) is 11.0. The standard InChI is InChI=1S/C17H14Cl2N2O2/c1-10-5-7-11(8-6-10)20-13-9-15(22)21(17(13)23)14-4-2-3-12(18)16(14)19/h2-8,13,20H,9H2,1H3. The second-order valence-electron chi connectivity index (χ2n) is 5.41. The Labute approximate surface area is 144 Å². The number of nitrogens with one attached hydrogen (secondary N) is 1. The van der Waals surface area contributed by atoms with E-state index in [-0.39, 0.29) is 23.3 Å². The van der Waals surface area contributed by atoms with Gasteiger partial charge in [0, 0.05) is 5.69 Å². The molecule has 0 saturated carbocycles. The highest BCUT2D eigenvalue weighted by molar-refractivity contribution is 6.45. The van der Waals surface area contributed by atoms with Crippen molar-refractivity contribution in [1.82, 2.24) is 0 Å². The lowest BCUT2D eigenvalue weighted by atomic mass is 10.2. The summed E-state index contributed by atoms with van der Waals surface area (Å²) in [5, 5.41) is 3.60. The van der Waals surface area contributed by atoms with Crippen molar-refractivity contribution >= 4 is 46.4 Å². The Kier molecular flexibility index (Phi) is 4.28. The first kappa shape index (κ1) is 15.8. The third-order valence-electron chi connectivity index (χ3n) is 3.71. The van der Waals surface area contributed by atoms with E-state index in [9.17, 15) is 9.59 Å². The van der Waals surface area contributed by atoms with Crippen LogP contribution >= 0.6 is 23.2 Å². The van der Waals surface area contributed by atoms with Crippen LogP contribution < -0.4 is 10.2 Å². The van der Waals surface area contributed by atoms with Crippen molar-refractivity contribution in [2.24, 2.45) is 0 Å². The predicted molar refractivity (Wildman–Crippen MR) is 92.2 cm³/mol. The van der Waals surface area contributed by atoms with E-state index in [0.29, 0.717) is 10.7 Å². The average molecular weight is 349 g/mol. The number of anilines is 2. The third kappa shape index (κ3) is 3.05. The molecule has 2 amide bonds. The Morgan fingerprint density at radius 1 is 1.09 bits per heavy atom. The fourth-order valence-electron chi connectivity index (χ4n) is 2.51. The Bertz CT molecular complexity index is 775. The molecule has 1 fully saturated rings. The molecule has 2 aromatic rings. The van der Waals surface area contributed by atoms with Crippen molar-refractivity contribution in [2.45, 2.75) is 19.4 Å². The van der Waals surface area contributed by atoms with Gasteiger partial charge in [0.2, 0.25) is 5.91 Å². The van der Waals surface area contributed by atoms with E-state index in [2.05, 4.69) is 5.32 Å². The van der Waals surface area contributed by atoms with Gasteiger partial charge in [0.25, 0.3) is 5.91 Å². The molecule has 1 saturated heterocycles. The molecule has 4 nitrogen and oxygen atoms in total. The summed E-state index contributed by atoms with van der Waals surface area (Å²) in [5.41, 5.74) is 2.24. The van der Waals surface area contributed by atoms with E-state index >= 15 is 0 Å². The molecule has 1 aliphatic rings. The second kappa shape index (κ2) is 6.22. The van der Waals surface area contributed by atoms with Gasteiger partial charge in [0.1, 0.15) is 6.04 Å². The van der Waals surface area contributed by atoms with Crippen molar-refractivity contribution in [2.75, 3.05) is 10.2 Å². The molecular weight excluding hydrogens is 335 g/mol. The first-order valence-electron chi connectivity index (χ1n) is 7.11. The van der Waals surface area contributed by atoms with Gasteiger partial charge in [-0.05, 0) is 31.2 Å². The molecule has 1 heterocycles. The number of rotatable bonds is 3. The fraction of sp³-hybridized carbons (Fsp3) is 0.176. The van der Waals surface area contributed by atoms with Crippen LogP contribution in [0.2, 0.25) is 10.0 Å². The van der Waals surface area contributed by atoms with E-state index in [1.165, 1.54) is 0 Å². The molecule has 23 heavy (non-hydrogen) atoms. The minimum Gasteiger partial charge on any atom is -0.373 e. The van der Waals surface area contributed by atoms with Crippen molar-refractivity contribution in [3.8, 4) is 0 Å². The van der Waals surface area contributed by atoms with Gasteiger partial charge >= 0.3 is 0 Å². The van der Waals surface area contributed by atoms with Gasteiger partial charge in [-0.25, -0.2) is 4.90 Å². The maximum atomic E-state index is 12.6. The number of carbonyl (C=O) groups is 2. The number of aryl methyl sites for hydroxylation is 1. The summed E-state index contributed by atoms with van der Waals surface area (Å²) in [6, 6.07) is 11.9. The molecule has 0 aliphatic carbocycles. The number of nitrogens with zero attached hydrogens (tertiary/aromatic N) is 1. The predicted octanol–water partition coefficient (Wildman–Crippen LogP) is 4.05. The maximum Gasteiger partial charge on any atom is 0.256 e. The summed E-state index contributed by atoms with van der Waals surface area (Å²) < 4.78 is 0. The molecule has 118 valence electrons. The lowest BCUT2D eigenvalue weighted by Crippen LogP contribution is -2.35. The lowest BCUT2D eigenvalue weighted by molar-refractivity contribution is -0.121. The zero-order valence-electron chi connectivity index (χ0n) is 12.3. The van der Waals surface area contributed by atoms with E-state index in [4.69, 9.17) is 23.2 Å². The van der Waals surface area contributed by atoms with Crippen LogP contribution in [0.25, 0.3) is 0 Å². The zero-order valence-corrected chi connectivity index (χ0v) is 13.9. The smallest absolute Gasteiger partial charge is 0.256 e. The van der Waals surface area contributed by atoms with Crippen LogP contribution in [0.1, 0.15) is 12.0 Å². The van der Waals surface area contributed by atoms with Crippen molar-refractivity contribution in [3.05, 3.63) is 58.1 Å². The zero-order chi connectivity index (χ0) is 16.6. The van der Waals surface area contributed by atoms with E-state index < -0.39 is 6.04 Å². The molecule has 1 atom stereocenters. The number of hydrogen-bond acceptors (Lipinski definition) is 3. The van der Waals surface area contributed by atoms with Crippen LogP contribution in [0, 0.1) is 6.92 Å². The Hall–Kier alpha value is -2.04. The van der Waals surface area contributed by atoms with Crippen LogP contribution in [0.3, 0.4) is 0 Å². The van der Waals surface area contributed by atoms with Gasteiger partial charge in [0.05, 0.1) is 22.2 Å². The minimum atomic E-state index is -0.611. The number of hydrogen-bond donors (Lipinski definition) is 1. The van der Waals surface area contributed by atoms with Gasteiger partial charge < -0.3 is 5.32 Å². The Balaban J connectivity index is 1.85. The fourth-order valence-corrected chi connectivity index (χ4v) is 2.89. The molecular formula is C17H14Cl2N2O2. The van der Waals surface area contributed by atoms with Gasteiger partial charge in [0.15, 0.2) is 0 Å². The second-order valence-corrected chi connectivity index (χ2v) is 6.19. The molecule has 0 aromatic heterocycles. The SMILES string of the molecule is Cc1ccc(NC2CC(=O)N(c3cccc(Cl)c3Cl)C2=O)cc1. The summed E-state index contributed by atoms with van der Waals surface area (Å²) in [6.07, 6.45) is 0.0789. The van der Waals surface area contributed by atoms with Crippen LogP contribution in [0.15, 0.2) is 42.5 Å². The van der Waals surface area contributed by atoms with Crippen LogP contribution in [-0.4, -0.2) is 17.9 Å². The monoisotopic (exact) mass is 348 g/mol. The molecule has 0 spiro atoms. The van der Waals surface area contributed by atoms with Crippen molar-refractivity contribution in [3.63, 3.8) is 0 Å².